The highest BCUT2D eigenvalue weighted by molar-refractivity contribution is 5.89. The molecule has 0 saturated carbocycles. The van der Waals surface area contributed by atoms with Crippen LogP contribution in [0, 0.1) is 5.41 Å². The van der Waals surface area contributed by atoms with Gasteiger partial charge >= 0.3 is 0 Å². The second-order valence-electron chi connectivity index (χ2n) is 6.60. The highest BCUT2D eigenvalue weighted by atomic mass is 16.2. The molecule has 2 amide bonds. The number of nitrogens with zero attached hydrogens (tertiary/aromatic N) is 1. The van der Waals surface area contributed by atoms with Gasteiger partial charge in [0.25, 0.3) is 0 Å². The molecule has 0 bridgehead atoms. The minimum absolute atomic E-state index is 0.0315. The Hall–Kier alpha value is -1.84. The van der Waals surface area contributed by atoms with Gasteiger partial charge in [-0.1, -0.05) is 51.1 Å². The summed E-state index contributed by atoms with van der Waals surface area (Å²) in [7, 11) is 0. The van der Waals surface area contributed by atoms with Crippen molar-refractivity contribution in [1.29, 1.82) is 0 Å². The number of rotatable bonds is 6. The Bertz CT molecular complexity index is 492. The summed E-state index contributed by atoms with van der Waals surface area (Å²) in [6, 6.07) is 9.60. The van der Waals surface area contributed by atoms with Crippen molar-refractivity contribution in [2.45, 2.75) is 47.1 Å². The molecular formula is C18H28N2O2. The van der Waals surface area contributed by atoms with Crippen molar-refractivity contribution in [3.05, 3.63) is 35.9 Å². The van der Waals surface area contributed by atoms with Gasteiger partial charge in [-0.25, -0.2) is 0 Å². The molecular weight excluding hydrogens is 276 g/mol. The molecule has 1 N–H and O–H groups in total. The van der Waals surface area contributed by atoms with Crippen molar-refractivity contribution >= 4 is 11.8 Å². The molecule has 0 aliphatic heterocycles. The standard InChI is InChI=1S/C18H28N2O2/c1-6-20(13-12-15-10-8-7-9-11-15)16(21)14(2)19-17(22)18(3,4)5/h7-11,14H,6,12-13H2,1-5H3,(H,19,22). The summed E-state index contributed by atoms with van der Waals surface area (Å²) in [4.78, 5) is 26.2. The second-order valence-corrected chi connectivity index (χ2v) is 6.60. The van der Waals surface area contributed by atoms with E-state index in [1.165, 1.54) is 5.56 Å². The van der Waals surface area contributed by atoms with Crippen LogP contribution in [0.1, 0.15) is 40.2 Å². The van der Waals surface area contributed by atoms with E-state index in [2.05, 4.69) is 17.4 Å². The van der Waals surface area contributed by atoms with E-state index in [-0.39, 0.29) is 11.8 Å². The van der Waals surface area contributed by atoms with Gasteiger partial charge in [0, 0.05) is 18.5 Å². The lowest BCUT2D eigenvalue weighted by atomic mass is 9.95. The van der Waals surface area contributed by atoms with E-state index >= 15 is 0 Å². The zero-order valence-electron chi connectivity index (χ0n) is 14.3. The van der Waals surface area contributed by atoms with E-state index in [0.29, 0.717) is 13.1 Å². The molecule has 1 aromatic carbocycles. The van der Waals surface area contributed by atoms with Crippen LogP contribution >= 0.6 is 0 Å². The molecule has 0 aliphatic carbocycles. The minimum Gasteiger partial charge on any atom is -0.344 e. The van der Waals surface area contributed by atoms with Crippen LogP contribution in [0.4, 0.5) is 0 Å². The van der Waals surface area contributed by atoms with Gasteiger partial charge in [0.15, 0.2) is 0 Å². The lowest BCUT2D eigenvalue weighted by Crippen LogP contribution is -2.50. The highest BCUT2D eigenvalue weighted by Crippen LogP contribution is 2.13. The van der Waals surface area contributed by atoms with Crippen LogP contribution in [0.5, 0.6) is 0 Å². The number of carbonyl (C=O) groups excluding carboxylic acids is 2. The molecule has 0 fully saturated rings. The minimum atomic E-state index is -0.498. The number of carbonyl (C=O) groups is 2. The largest absolute Gasteiger partial charge is 0.344 e. The average molecular weight is 304 g/mol. The van der Waals surface area contributed by atoms with Gasteiger partial charge < -0.3 is 10.2 Å². The van der Waals surface area contributed by atoms with E-state index in [1.807, 2.05) is 45.9 Å². The van der Waals surface area contributed by atoms with Crippen molar-refractivity contribution in [3.63, 3.8) is 0 Å². The fourth-order valence-corrected chi connectivity index (χ4v) is 2.08. The third kappa shape index (κ3) is 5.51. The lowest BCUT2D eigenvalue weighted by molar-refractivity contribution is -0.138. The fourth-order valence-electron chi connectivity index (χ4n) is 2.08. The van der Waals surface area contributed by atoms with E-state index in [4.69, 9.17) is 0 Å². The molecule has 1 atom stereocenters. The molecule has 0 heterocycles. The van der Waals surface area contributed by atoms with Gasteiger partial charge in [0.05, 0.1) is 0 Å². The predicted octanol–water partition coefficient (Wildman–Crippen LogP) is 2.63. The Labute approximate surface area is 133 Å². The molecule has 0 saturated heterocycles. The topological polar surface area (TPSA) is 49.4 Å². The third-order valence-electron chi connectivity index (χ3n) is 3.61. The van der Waals surface area contributed by atoms with E-state index < -0.39 is 11.5 Å². The molecule has 4 nitrogen and oxygen atoms in total. The molecule has 0 aromatic heterocycles. The van der Waals surface area contributed by atoms with Crippen molar-refractivity contribution in [1.82, 2.24) is 10.2 Å². The summed E-state index contributed by atoms with van der Waals surface area (Å²) in [6.07, 6.45) is 0.820. The normalized spacial score (nSPS) is 12.6. The van der Waals surface area contributed by atoms with Gasteiger partial charge in [0.2, 0.25) is 11.8 Å². The van der Waals surface area contributed by atoms with Crippen LogP contribution in [0.25, 0.3) is 0 Å². The predicted molar refractivity (Wildman–Crippen MR) is 89.5 cm³/mol. The average Bonchev–Trinajstić information content (AvgIpc) is 2.47. The molecule has 1 rings (SSSR count). The van der Waals surface area contributed by atoms with Crippen molar-refractivity contribution in [3.8, 4) is 0 Å². The zero-order chi connectivity index (χ0) is 16.8. The van der Waals surface area contributed by atoms with Gasteiger partial charge in [-0.15, -0.1) is 0 Å². The van der Waals surface area contributed by atoms with Crippen LogP contribution in [-0.2, 0) is 16.0 Å². The maximum Gasteiger partial charge on any atom is 0.244 e. The molecule has 4 heteroatoms. The molecule has 122 valence electrons. The Kier molecular flexibility index (Phi) is 6.60. The fraction of sp³-hybridized carbons (Fsp3) is 0.556. The summed E-state index contributed by atoms with van der Waals surface area (Å²) in [5, 5.41) is 2.80. The van der Waals surface area contributed by atoms with Crippen LogP contribution in [-0.4, -0.2) is 35.8 Å². The van der Waals surface area contributed by atoms with Crippen molar-refractivity contribution < 1.29 is 9.59 Å². The number of amides is 2. The lowest BCUT2D eigenvalue weighted by Gasteiger charge is -2.27. The van der Waals surface area contributed by atoms with Gasteiger partial charge in [-0.05, 0) is 25.8 Å². The maximum absolute atomic E-state index is 12.5. The number of benzene rings is 1. The first kappa shape index (κ1) is 18.2. The van der Waals surface area contributed by atoms with E-state index in [0.717, 1.165) is 6.42 Å². The van der Waals surface area contributed by atoms with Gasteiger partial charge in [-0.3, -0.25) is 9.59 Å². The van der Waals surface area contributed by atoms with E-state index in [1.54, 1.807) is 11.8 Å². The highest BCUT2D eigenvalue weighted by Gasteiger charge is 2.26. The smallest absolute Gasteiger partial charge is 0.244 e. The van der Waals surface area contributed by atoms with Crippen LogP contribution < -0.4 is 5.32 Å². The Balaban J connectivity index is 2.58. The Morgan fingerprint density at radius 2 is 1.77 bits per heavy atom. The molecule has 1 unspecified atom stereocenters. The van der Waals surface area contributed by atoms with Crippen LogP contribution in [0.15, 0.2) is 30.3 Å². The summed E-state index contributed by atoms with van der Waals surface area (Å²) in [5.41, 5.74) is 0.718. The molecule has 0 aliphatic rings. The molecule has 1 aromatic rings. The quantitative estimate of drug-likeness (QED) is 0.878. The molecule has 0 spiro atoms. The van der Waals surface area contributed by atoms with Gasteiger partial charge in [-0.2, -0.15) is 0 Å². The van der Waals surface area contributed by atoms with Crippen molar-refractivity contribution in [2.75, 3.05) is 13.1 Å². The first-order chi connectivity index (χ1) is 10.3. The number of nitrogens with one attached hydrogen (secondary N) is 1. The number of hydrogen-bond acceptors (Lipinski definition) is 2. The zero-order valence-corrected chi connectivity index (χ0v) is 14.3. The van der Waals surface area contributed by atoms with E-state index in [9.17, 15) is 9.59 Å². The third-order valence-corrected chi connectivity index (χ3v) is 3.61. The first-order valence-electron chi connectivity index (χ1n) is 7.89. The van der Waals surface area contributed by atoms with Crippen LogP contribution in [0.2, 0.25) is 0 Å². The SMILES string of the molecule is CCN(CCc1ccccc1)C(=O)C(C)NC(=O)C(C)(C)C. The first-order valence-corrected chi connectivity index (χ1v) is 7.89. The number of hydrogen-bond donors (Lipinski definition) is 1. The summed E-state index contributed by atoms with van der Waals surface area (Å²) < 4.78 is 0. The maximum atomic E-state index is 12.5. The summed E-state index contributed by atoms with van der Waals surface area (Å²) in [5.74, 6) is -0.136. The monoisotopic (exact) mass is 304 g/mol. The summed E-state index contributed by atoms with van der Waals surface area (Å²) in [6.45, 7) is 10.5. The second kappa shape index (κ2) is 7.97. The summed E-state index contributed by atoms with van der Waals surface area (Å²) >= 11 is 0. The molecule has 0 radical (unpaired) electrons. The van der Waals surface area contributed by atoms with Gasteiger partial charge in [0.1, 0.15) is 6.04 Å². The Morgan fingerprint density at radius 1 is 1.18 bits per heavy atom. The number of likely N-dealkylation sites (N-methyl/N-ethyl adjacent to an activating group) is 1. The Morgan fingerprint density at radius 3 is 2.27 bits per heavy atom. The molecule has 22 heavy (non-hydrogen) atoms. The van der Waals surface area contributed by atoms with Crippen molar-refractivity contribution in [2.24, 2.45) is 5.41 Å². The van der Waals surface area contributed by atoms with Crippen LogP contribution in [0.3, 0.4) is 0 Å².